The first-order chi connectivity index (χ1) is 21.1. The number of fused-ring (bicyclic) bond motifs is 1. The molecule has 6 rings (SSSR count). The maximum Gasteiger partial charge on any atom is 0.310 e. The van der Waals surface area contributed by atoms with Crippen LogP contribution in [0.2, 0.25) is 0 Å². The fourth-order valence-corrected chi connectivity index (χ4v) is 6.05. The van der Waals surface area contributed by atoms with E-state index in [4.69, 9.17) is 24.5 Å². The summed E-state index contributed by atoms with van der Waals surface area (Å²) in [7, 11) is 0. The summed E-state index contributed by atoms with van der Waals surface area (Å²) in [5, 5.41) is 16.1. The minimum Gasteiger partial charge on any atom is -0.481 e. The molecular weight excluding hydrogens is 560 g/mol. The average molecular weight is 599 g/mol. The molecule has 0 radical (unpaired) electrons. The summed E-state index contributed by atoms with van der Waals surface area (Å²) in [5.74, 6) is -0.723. The number of anilines is 1. The van der Waals surface area contributed by atoms with Crippen molar-refractivity contribution in [2.24, 2.45) is 5.41 Å². The SMILES string of the molecule is CC(C)(C)OC(=O)CC1(C(=O)O)CCN(c2cccc(-c3nn(C4CCCCO4)c4cnc(-c5cccnc5)cc34)n2)CC1. The van der Waals surface area contributed by atoms with Gasteiger partial charge in [-0.3, -0.25) is 19.6 Å². The predicted octanol–water partition coefficient (Wildman–Crippen LogP) is 5.66. The van der Waals surface area contributed by atoms with E-state index in [0.29, 0.717) is 38.2 Å². The largest absolute Gasteiger partial charge is 0.481 e. The van der Waals surface area contributed by atoms with Crippen LogP contribution in [0.25, 0.3) is 33.5 Å². The van der Waals surface area contributed by atoms with Gasteiger partial charge in [0.05, 0.1) is 34.9 Å². The number of carboxylic acid groups (broad SMARTS) is 1. The van der Waals surface area contributed by atoms with Gasteiger partial charge in [-0.05, 0) is 83.2 Å². The van der Waals surface area contributed by atoms with E-state index >= 15 is 0 Å². The van der Waals surface area contributed by atoms with Crippen molar-refractivity contribution in [3.05, 3.63) is 55.0 Å². The number of pyridine rings is 3. The third-order valence-corrected chi connectivity index (χ3v) is 8.36. The molecule has 0 aromatic carbocycles. The van der Waals surface area contributed by atoms with Gasteiger partial charge in [-0.15, -0.1) is 0 Å². The normalized spacial score (nSPS) is 18.7. The lowest BCUT2D eigenvalue weighted by molar-refractivity contribution is -0.166. The summed E-state index contributed by atoms with van der Waals surface area (Å²) in [6, 6.07) is 11.7. The van der Waals surface area contributed by atoms with Crippen LogP contribution in [0.5, 0.6) is 0 Å². The van der Waals surface area contributed by atoms with E-state index in [1.165, 1.54) is 0 Å². The van der Waals surface area contributed by atoms with Crippen molar-refractivity contribution < 1.29 is 24.2 Å². The summed E-state index contributed by atoms with van der Waals surface area (Å²) in [5.41, 5.74) is 2.17. The van der Waals surface area contributed by atoms with Crippen LogP contribution in [0.15, 0.2) is 55.0 Å². The Morgan fingerprint density at radius 1 is 1.09 bits per heavy atom. The maximum absolute atomic E-state index is 12.6. The Bertz CT molecular complexity index is 1650. The monoisotopic (exact) mass is 598 g/mol. The quantitative estimate of drug-likeness (QED) is 0.266. The van der Waals surface area contributed by atoms with Crippen molar-refractivity contribution in [1.29, 1.82) is 0 Å². The van der Waals surface area contributed by atoms with Crippen molar-refractivity contribution >= 4 is 28.7 Å². The summed E-state index contributed by atoms with van der Waals surface area (Å²) in [6.07, 6.45) is 8.63. The average Bonchev–Trinajstić information content (AvgIpc) is 3.40. The molecule has 11 nitrogen and oxygen atoms in total. The van der Waals surface area contributed by atoms with Gasteiger partial charge in [-0.2, -0.15) is 5.10 Å². The molecule has 0 bridgehead atoms. The van der Waals surface area contributed by atoms with Crippen LogP contribution in [0.4, 0.5) is 5.82 Å². The van der Waals surface area contributed by atoms with Gasteiger partial charge in [-0.25, -0.2) is 9.67 Å². The first-order valence-electron chi connectivity index (χ1n) is 15.2. The first-order valence-corrected chi connectivity index (χ1v) is 15.2. The molecular formula is C33H38N6O5. The summed E-state index contributed by atoms with van der Waals surface area (Å²) in [4.78, 5) is 41.0. The minimum atomic E-state index is -1.17. The highest BCUT2D eigenvalue weighted by atomic mass is 16.6. The molecule has 1 N–H and O–H groups in total. The molecule has 2 aliphatic heterocycles. The Morgan fingerprint density at radius 3 is 2.59 bits per heavy atom. The number of aromatic nitrogens is 5. The highest BCUT2D eigenvalue weighted by Gasteiger charge is 2.44. The van der Waals surface area contributed by atoms with Gasteiger partial charge in [0.2, 0.25) is 0 Å². The number of hydrogen-bond acceptors (Lipinski definition) is 9. The second-order valence-corrected chi connectivity index (χ2v) is 12.7. The maximum atomic E-state index is 12.6. The number of nitrogens with zero attached hydrogens (tertiary/aromatic N) is 6. The van der Waals surface area contributed by atoms with Crippen LogP contribution >= 0.6 is 0 Å². The number of carbonyl (C=O) groups excluding carboxylic acids is 1. The zero-order valence-corrected chi connectivity index (χ0v) is 25.4. The van der Waals surface area contributed by atoms with E-state index in [1.807, 2.05) is 47.3 Å². The van der Waals surface area contributed by atoms with E-state index < -0.39 is 23.0 Å². The topological polar surface area (TPSA) is 133 Å². The number of aliphatic carboxylic acids is 1. The third-order valence-electron chi connectivity index (χ3n) is 8.36. The number of carbonyl (C=O) groups is 2. The molecule has 2 fully saturated rings. The molecule has 2 aliphatic rings. The van der Waals surface area contributed by atoms with Gasteiger partial charge >= 0.3 is 11.9 Å². The molecule has 0 saturated carbocycles. The Hall–Kier alpha value is -4.38. The lowest BCUT2D eigenvalue weighted by Gasteiger charge is -2.39. The predicted molar refractivity (Wildman–Crippen MR) is 165 cm³/mol. The molecule has 4 aromatic rings. The van der Waals surface area contributed by atoms with Gasteiger partial charge < -0.3 is 19.5 Å². The molecule has 6 heterocycles. The standard InChI is InChI=1S/C33H38N6O5/c1-32(2,3)44-29(40)19-33(31(41)42)12-15-38(16-13-33)27-10-6-9-24(36-27)30-23-18-25(22-8-7-14-34-20-22)35-21-26(23)39(37-30)28-11-4-5-17-43-28/h6-10,14,18,20-21,28H,4-5,11-13,15-17,19H2,1-3H3,(H,41,42). The van der Waals surface area contributed by atoms with Gasteiger partial charge in [-0.1, -0.05) is 6.07 Å². The van der Waals surface area contributed by atoms with Crippen LogP contribution in [-0.4, -0.2) is 67.1 Å². The summed E-state index contributed by atoms with van der Waals surface area (Å²) < 4.78 is 13.5. The zero-order valence-electron chi connectivity index (χ0n) is 25.4. The molecule has 0 spiro atoms. The van der Waals surface area contributed by atoms with Crippen molar-refractivity contribution in [3.8, 4) is 22.6 Å². The molecule has 4 aromatic heterocycles. The lowest BCUT2D eigenvalue weighted by atomic mass is 9.75. The van der Waals surface area contributed by atoms with E-state index in [0.717, 1.165) is 52.9 Å². The van der Waals surface area contributed by atoms with Gasteiger partial charge in [0.25, 0.3) is 0 Å². The Labute approximate surface area is 256 Å². The van der Waals surface area contributed by atoms with Crippen molar-refractivity contribution in [1.82, 2.24) is 24.7 Å². The zero-order chi connectivity index (χ0) is 30.9. The van der Waals surface area contributed by atoms with Crippen molar-refractivity contribution in [2.45, 2.75) is 71.1 Å². The Balaban J connectivity index is 1.30. The van der Waals surface area contributed by atoms with Crippen molar-refractivity contribution in [2.75, 3.05) is 24.6 Å². The lowest BCUT2D eigenvalue weighted by Crippen LogP contribution is -2.46. The van der Waals surface area contributed by atoms with Gasteiger partial charge in [0.15, 0.2) is 6.23 Å². The van der Waals surface area contributed by atoms with Gasteiger partial charge in [0.1, 0.15) is 17.1 Å². The molecule has 230 valence electrons. The van der Waals surface area contributed by atoms with E-state index in [1.54, 1.807) is 33.2 Å². The molecule has 44 heavy (non-hydrogen) atoms. The molecule has 0 amide bonds. The Kier molecular flexibility index (Phi) is 8.06. The highest BCUT2D eigenvalue weighted by molar-refractivity contribution is 5.94. The molecule has 1 unspecified atom stereocenters. The van der Waals surface area contributed by atoms with Crippen molar-refractivity contribution in [3.63, 3.8) is 0 Å². The number of hydrogen-bond donors (Lipinski definition) is 1. The second-order valence-electron chi connectivity index (χ2n) is 12.7. The molecule has 11 heteroatoms. The van der Waals surface area contributed by atoms with Crippen LogP contribution in [0, 0.1) is 5.41 Å². The molecule has 2 saturated heterocycles. The van der Waals surface area contributed by atoms with Crippen LogP contribution in [0.3, 0.4) is 0 Å². The fraction of sp³-hybridized carbons (Fsp3) is 0.455. The van der Waals surface area contributed by atoms with E-state index in [-0.39, 0.29) is 12.6 Å². The number of carboxylic acids is 1. The smallest absolute Gasteiger partial charge is 0.310 e. The molecule has 1 atom stereocenters. The summed E-state index contributed by atoms with van der Waals surface area (Å²) in [6.45, 7) is 6.94. The highest BCUT2D eigenvalue weighted by Crippen LogP contribution is 2.39. The van der Waals surface area contributed by atoms with Gasteiger partial charge in [0, 0.05) is 43.0 Å². The summed E-state index contributed by atoms with van der Waals surface area (Å²) >= 11 is 0. The van der Waals surface area contributed by atoms with Crippen LogP contribution < -0.4 is 4.90 Å². The molecule has 0 aliphatic carbocycles. The van der Waals surface area contributed by atoms with E-state index in [2.05, 4.69) is 9.88 Å². The van der Waals surface area contributed by atoms with Crippen LogP contribution in [-0.2, 0) is 19.1 Å². The first kappa shape index (κ1) is 29.7. The number of piperidine rings is 1. The number of rotatable bonds is 7. The van der Waals surface area contributed by atoms with Crippen LogP contribution in [0.1, 0.15) is 65.5 Å². The fourth-order valence-electron chi connectivity index (χ4n) is 6.05. The Morgan fingerprint density at radius 2 is 1.91 bits per heavy atom. The number of esters is 1. The second kappa shape index (κ2) is 12.0. The minimum absolute atomic E-state index is 0.152. The van der Waals surface area contributed by atoms with E-state index in [9.17, 15) is 14.7 Å². The number of ether oxygens (including phenoxy) is 2. The third kappa shape index (κ3) is 6.14.